The summed E-state index contributed by atoms with van der Waals surface area (Å²) in [7, 11) is 0. The summed E-state index contributed by atoms with van der Waals surface area (Å²) in [5.41, 5.74) is 1.26. The number of rotatable bonds is 2. The minimum atomic E-state index is -0.416. The number of likely N-dealkylation sites (tertiary alicyclic amines) is 2. The van der Waals surface area contributed by atoms with Gasteiger partial charge in [0.2, 0.25) is 0 Å². The van der Waals surface area contributed by atoms with Gasteiger partial charge in [0.25, 0.3) is 0 Å². The zero-order valence-corrected chi connectivity index (χ0v) is 16.0. The molecule has 3 rings (SSSR count). The predicted octanol–water partition coefficient (Wildman–Crippen LogP) is 4.30. The van der Waals surface area contributed by atoms with E-state index in [0.717, 1.165) is 39.1 Å². The third-order valence-electron chi connectivity index (χ3n) is 5.48. The molecule has 2 heterocycles. The van der Waals surface area contributed by atoms with Crippen LogP contribution >= 0.6 is 0 Å². The highest BCUT2D eigenvalue weighted by molar-refractivity contribution is 5.68. The van der Waals surface area contributed by atoms with Crippen molar-refractivity contribution in [3.8, 4) is 0 Å². The minimum absolute atomic E-state index is 0.140. The van der Waals surface area contributed by atoms with Gasteiger partial charge >= 0.3 is 6.09 Å². The number of amides is 1. The highest BCUT2D eigenvalue weighted by atomic mass is 16.6. The fraction of sp³-hybridized carbons (Fsp3) is 0.667. The molecule has 1 amide bonds. The first kappa shape index (κ1) is 18.2. The second kappa shape index (κ2) is 7.36. The third kappa shape index (κ3) is 4.97. The van der Waals surface area contributed by atoms with E-state index in [-0.39, 0.29) is 6.09 Å². The molecule has 4 nitrogen and oxygen atoms in total. The molecule has 0 bridgehead atoms. The first-order valence-electron chi connectivity index (χ1n) is 9.60. The van der Waals surface area contributed by atoms with Crippen LogP contribution in [0, 0.1) is 5.41 Å². The Morgan fingerprint density at radius 3 is 2.40 bits per heavy atom. The van der Waals surface area contributed by atoms with Gasteiger partial charge in [0.1, 0.15) is 5.60 Å². The fourth-order valence-electron chi connectivity index (χ4n) is 4.13. The highest BCUT2D eigenvalue weighted by Gasteiger charge is 2.40. The maximum atomic E-state index is 12.4. The van der Waals surface area contributed by atoms with Crippen LogP contribution in [0.5, 0.6) is 0 Å². The molecular weight excluding hydrogens is 312 g/mol. The van der Waals surface area contributed by atoms with E-state index < -0.39 is 5.60 Å². The number of ether oxygens (including phenoxy) is 1. The average Bonchev–Trinajstić information content (AvgIpc) is 2.57. The lowest BCUT2D eigenvalue weighted by Crippen LogP contribution is -2.51. The van der Waals surface area contributed by atoms with E-state index in [0.29, 0.717) is 5.41 Å². The summed E-state index contributed by atoms with van der Waals surface area (Å²) >= 11 is 0. The number of benzene rings is 1. The summed E-state index contributed by atoms with van der Waals surface area (Å²) < 4.78 is 5.59. The van der Waals surface area contributed by atoms with Crippen LogP contribution in [0.4, 0.5) is 4.79 Å². The molecule has 2 fully saturated rings. The molecule has 4 heteroatoms. The van der Waals surface area contributed by atoms with Crippen molar-refractivity contribution in [3.05, 3.63) is 35.9 Å². The normalized spacial score (nSPS) is 21.3. The second-order valence-electron chi connectivity index (χ2n) is 8.77. The van der Waals surface area contributed by atoms with Crippen molar-refractivity contribution in [2.24, 2.45) is 5.41 Å². The van der Waals surface area contributed by atoms with Crippen LogP contribution in [0.2, 0.25) is 0 Å². The molecule has 138 valence electrons. The van der Waals surface area contributed by atoms with E-state index in [9.17, 15) is 4.79 Å². The maximum Gasteiger partial charge on any atom is 0.410 e. The van der Waals surface area contributed by atoms with E-state index in [4.69, 9.17) is 4.74 Å². The van der Waals surface area contributed by atoms with E-state index in [2.05, 4.69) is 35.2 Å². The van der Waals surface area contributed by atoms with Gasteiger partial charge in [-0.2, -0.15) is 0 Å². The first-order chi connectivity index (χ1) is 11.9. The van der Waals surface area contributed by atoms with Gasteiger partial charge in [0.05, 0.1) is 0 Å². The second-order valence-corrected chi connectivity index (χ2v) is 8.77. The molecule has 0 saturated carbocycles. The van der Waals surface area contributed by atoms with E-state index in [1.54, 1.807) is 0 Å². The van der Waals surface area contributed by atoms with Crippen molar-refractivity contribution in [2.45, 2.75) is 58.6 Å². The summed E-state index contributed by atoms with van der Waals surface area (Å²) in [6.45, 7) is 10.8. The predicted molar refractivity (Wildman–Crippen MR) is 100 cm³/mol. The molecule has 0 aromatic heterocycles. The summed E-state index contributed by atoms with van der Waals surface area (Å²) in [5, 5.41) is 0. The Kier molecular flexibility index (Phi) is 5.38. The van der Waals surface area contributed by atoms with Gasteiger partial charge in [-0.1, -0.05) is 30.3 Å². The molecule has 0 unspecified atom stereocenters. The molecule has 2 saturated heterocycles. The van der Waals surface area contributed by atoms with E-state index >= 15 is 0 Å². The standard InChI is InChI=1S/C21H32N2O2/c1-20(2,3)25-19(24)23-13-7-10-21(17-23)11-14-22(15-12-21)16-18-8-5-4-6-9-18/h4-6,8-9H,7,10-17H2,1-3H3. The smallest absolute Gasteiger partial charge is 0.410 e. The van der Waals surface area contributed by atoms with E-state index in [1.165, 1.54) is 24.8 Å². The van der Waals surface area contributed by atoms with Gasteiger partial charge in [-0.05, 0) is 70.5 Å². The molecule has 1 aromatic carbocycles. The monoisotopic (exact) mass is 344 g/mol. The van der Waals surface area contributed by atoms with Gasteiger partial charge in [-0.3, -0.25) is 4.90 Å². The first-order valence-corrected chi connectivity index (χ1v) is 9.60. The molecular formula is C21H32N2O2. The Bertz CT molecular complexity index is 571. The topological polar surface area (TPSA) is 32.8 Å². The Morgan fingerprint density at radius 2 is 1.76 bits per heavy atom. The molecule has 0 atom stereocenters. The van der Waals surface area contributed by atoms with Crippen LogP contribution in [0.15, 0.2) is 30.3 Å². The lowest BCUT2D eigenvalue weighted by molar-refractivity contribution is -0.0122. The van der Waals surface area contributed by atoms with Gasteiger partial charge in [-0.25, -0.2) is 4.79 Å². The van der Waals surface area contributed by atoms with Crippen LogP contribution in [0.25, 0.3) is 0 Å². The van der Waals surface area contributed by atoms with Crippen molar-refractivity contribution in [3.63, 3.8) is 0 Å². The number of carbonyl (C=O) groups excluding carboxylic acids is 1. The van der Waals surface area contributed by atoms with Crippen molar-refractivity contribution in [2.75, 3.05) is 26.2 Å². The number of piperidine rings is 2. The quantitative estimate of drug-likeness (QED) is 0.802. The zero-order valence-electron chi connectivity index (χ0n) is 16.0. The van der Waals surface area contributed by atoms with Crippen LogP contribution in [0.1, 0.15) is 52.0 Å². The lowest BCUT2D eigenvalue weighted by atomic mass is 9.72. The summed E-state index contributed by atoms with van der Waals surface area (Å²) in [6, 6.07) is 10.7. The Balaban J connectivity index is 1.54. The molecule has 2 aliphatic heterocycles. The van der Waals surface area contributed by atoms with Crippen molar-refractivity contribution >= 4 is 6.09 Å². The highest BCUT2D eigenvalue weighted by Crippen LogP contribution is 2.40. The lowest BCUT2D eigenvalue weighted by Gasteiger charge is -2.47. The summed E-state index contributed by atoms with van der Waals surface area (Å²) in [6.07, 6.45) is 4.56. The third-order valence-corrected chi connectivity index (χ3v) is 5.48. The zero-order chi connectivity index (χ0) is 17.9. The van der Waals surface area contributed by atoms with Crippen LogP contribution in [0.3, 0.4) is 0 Å². The number of hydrogen-bond donors (Lipinski definition) is 0. The Morgan fingerprint density at radius 1 is 1.08 bits per heavy atom. The van der Waals surface area contributed by atoms with Gasteiger partial charge in [0, 0.05) is 19.6 Å². The summed E-state index contributed by atoms with van der Waals surface area (Å²) in [5.74, 6) is 0. The largest absolute Gasteiger partial charge is 0.444 e. The minimum Gasteiger partial charge on any atom is -0.444 e. The molecule has 0 N–H and O–H groups in total. The SMILES string of the molecule is CC(C)(C)OC(=O)N1CCCC2(CCN(Cc3ccccc3)CC2)C1. The molecule has 1 spiro atoms. The fourth-order valence-corrected chi connectivity index (χ4v) is 4.13. The van der Waals surface area contributed by atoms with Crippen molar-refractivity contribution in [1.82, 2.24) is 9.80 Å². The molecule has 1 aromatic rings. The molecule has 25 heavy (non-hydrogen) atoms. The summed E-state index contributed by atoms with van der Waals surface area (Å²) in [4.78, 5) is 16.9. The number of hydrogen-bond acceptors (Lipinski definition) is 3. The van der Waals surface area contributed by atoms with Crippen LogP contribution in [-0.4, -0.2) is 47.7 Å². The van der Waals surface area contributed by atoms with Gasteiger partial charge in [-0.15, -0.1) is 0 Å². The number of carbonyl (C=O) groups is 1. The molecule has 2 aliphatic rings. The molecule has 0 radical (unpaired) electrons. The number of nitrogens with zero attached hydrogens (tertiary/aromatic N) is 2. The Labute approximate surface area is 152 Å². The Hall–Kier alpha value is -1.55. The van der Waals surface area contributed by atoms with Gasteiger partial charge < -0.3 is 9.64 Å². The van der Waals surface area contributed by atoms with Crippen LogP contribution < -0.4 is 0 Å². The van der Waals surface area contributed by atoms with Crippen LogP contribution in [-0.2, 0) is 11.3 Å². The average molecular weight is 344 g/mol. The van der Waals surface area contributed by atoms with Crippen molar-refractivity contribution in [1.29, 1.82) is 0 Å². The van der Waals surface area contributed by atoms with Gasteiger partial charge in [0.15, 0.2) is 0 Å². The molecule has 0 aliphatic carbocycles. The maximum absolute atomic E-state index is 12.4. The van der Waals surface area contributed by atoms with Crippen molar-refractivity contribution < 1.29 is 9.53 Å². The van der Waals surface area contributed by atoms with E-state index in [1.807, 2.05) is 25.7 Å².